The summed E-state index contributed by atoms with van der Waals surface area (Å²) in [6.07, 6.45) is 0. The van der Waals surface area contributed by atoms with E-state index in [0.717, 1.165) is 12.1 Å². The first-order chi connectivity index (χ1) is 4.61. The molecule has 0 aliphatic carbocycles. The SMILES string of the molecule is Fc1cc(Br)cc(F)c1S. The molecule has 0 aliphatic rings. The minimum atomic E-state index is -0.657. The summed E-state index contributed by atoms with van der Waals surface area (Å²) in [5, 5.41) is 0. The Bertz CT molecular complexity index is 239. The van der Waals surface area contributed by atoms with Crippen LogP contribution in [0.3, 0.4) is 0 Å². The lowest BCUT2D eigenvalue weighted by molar-refractivity contribution is 0.540. The molecule has 54 valence electrons. The van der Waals surface area contributed by atoms with Gasteiger partial charge in [0, 0.05) is 4.47 Å². The van der Waals surface area contributed by atoms with Crippen molar-refractivity contribution < 1.29 is 8.78 Å². The minimum Gasteiger partial charge on any atom is -0.206 e. The lowest BCUT2D eigenvalue weighted by Crippen LogP contribution is -1.83. The van der Waals surface area contributed by atoms with Gasteiger partial charge in [0.05, 0.1) is 4.90 Å². The predicted octanol–water partition coefficient (Wildman–Crippen LogP) is 3.02. The van der Waals surface area contributed by atoms with E-state index in [1.807, 2.05) is 0 Å². The van der Waals surface area contributed by atoms with E-state index in [2.05, 4.69) is 28.6 Å². The molecule has 10 heavy (non-hydrogen) atoms. The van der Waals surface area contributed by atoms with Gasteiger partial charge in [-0.25, -0.2) is 8.78 Å². The highest BCUT2D eigenvalue weighted by molar-refractivity contribution is 9.10. The zero-order valence-corrected chi connectivity index (χ0v) is 7.22. The van der Waals surface area contributed by atoms with Crippen molar-refractivity contribution in [2.45, 2.75) is 4.90 Å². The van der Waals surface area contributed by atoms with Gasteiger partial charge >= 0.3 is 0 Å². The fraction of sp³-hybridized carbons (Fsp3) is 0. The molecule has 0 heterocycles. The molecule has 0 aromatic heterocycles. The summed E-state index contributed by atoms with van der Waals surface area (Å²) in [5.74, 6) is -1.31. The lowest BCUT2D eigenvalue weighted by Gasteiger charge is -1.96. The van der Waals surface area contributed by atoms with Gasteiger partial charge in [-0.15, -0.1) is 12.6 Å². The molecule has 0 radical (unpaired) electrons. The highest BCUT2D eigenvalue weighted by Gasteiger charge is 2.04. The Morgan fingerprint density at radius 2 is 1.60 bits per heavy atom. The van der Waals surface area contributed by atoms with Crippen molar-refractivity contribution in [1.82, 2.24) is 0 Å². The van der Waals surface area contributed by atoms with E-state index in [0.29, 0.717) is 4.47 Å². The molecule has 0 unspecified atom stereocenters. The maximum atomic E-state index is 12.5. The molecule has 0 saturated carbocycles. The summed E-state index contributed by atoms with van der Waals surface area (Å²) in [7, 11) is 0. The lowest BCUT2D eigenvalue weighted by atomic mass is 10.3. The molecule has 1 aromatic carbocycles. The normalized spacial score (nSPS) is 10.0. The van der Waals surface area contributed by atoms with Crippen molar-refractivity contribution in [2.75, 3.05) is 0 Å². The van der Waals surface area contributed by atoms with Crippen LogP contribution in [0.5, 0.6) is 0 Å². The highest BCUT2D eigenvalue weighted by Crippen LogP contribution is 2.21. The number of benzene rings is 1. The quantitative estimate of drug-likeness (QED) is 0.644. The topological polar surface area (TPSA) is 0 Å². The third-order valence-electron chi connectivity index (χ3n) is 0.982. The number of hydrogen-bond acceptors (Lipinski definition) is 1. The van der Waals surface area contributed by atoms with E-state index in [-0.39, 0.29) is 4.90 Å². The van der Waals surface area contributed by atoms with Gasteiger partial charge in [-0.1, -0.05) is 15.9 Å². The van der Waals surface area contributed by atoms with Crippen molar-refractivity contribution in [3.8, 4) is 0 Å². The molecule has 0 bridgehead atoms. The number of halogens is 3. The van der Waals surface area contributed by atoms with E-state index in [9.17, 15) is 8.78 Å². The molecule has 0 fully saturated rings. The molecule has 0 spiro atoms. The van der Waals surface area contributed by atoms with Crippen LogP contribution in [0.15, 0.2) is 21.5 Å². The average Bonchev–Trinajstić information content (AvgIpc) is 1.82. The zero-order chi connectivity index (χ0) is 7.72. The first kappa shape index (κ1) is 8.01. The van der Waals surface area contributed by atoms with E-state index in [4.69, 9.17) is 0 Å². The van der Waals surface area contributed by atoms with Crippen LogP contribution >= 0.6 is 28.6 Å². The van der Waals surface area contributed by atoms with Crippen LogP contribution < -0.4 is 0 Å². The first-order valence-electron chi connectivity index (χ1n) is 2.45. The van der Waals surface area contributed by atoms with Crippen LogP contribution in [0.2, 0.25) is 0 Å². The van der Waals surface area contributed by atoms with Gasteiger partial charge in [-0.2, -0.15) is 0 Å². The number of rotatable bonds is 0. The maximum Gasteiger partial charge on any atom is 0.140 e. The van der Waals surface area contributed by atoms with Crippen LogP contribution in [0.4, 0.5) is 8.78 Å². The maximum absolute atomic E-state index is 12.5. The van der Waals surface area contributed by atoms with Crippen molar-refractivity contribution in [3.63, 3.8) is 0 Å². The Balaban J connectivity index is 3.31. The smallest absolute Gasteiger partial charge is 0.140 e. The van der Waals surface area contributed by atoms with E-state index >= 15 is 0 Å². The van der Waals surface area contributed by atoms with Gasteiger partial charge in [0.1, 0.15) is 11.6 Å². The van der Waals surface area contributed by atoms with Crippen LogP contribution in [0, 0.1) is 11.6 Å². The molecule has 4 heteroatoms. The van der Waals surface area contributed by atoms with E-state index < -0.39 is 11.6 Å². The Hall–Kier alpha value is -0.0900. The van der Waals surface area contributed by atoms with Crippen LogP contribution in [-0.4, -0.2) is 0 Å². The standard InChI is InChI=1S/C6H3BrF2S/c7-3-1-4(8)6(10)5(9)2-3/h1-2,10H. The summed E-state index contributed by atoms with van der Waals surface area (Å²) >= 11 is 6.52. The summed E-state index contributed by atoms with van der Waals surface area (Å²) in [4.78, 5) is -0.247. The fourth-order valence-electron chi connectivity index (χ4n) is 0.535. The molecular weight excluding hydrogens is 222 g/mol. The molecule has 1 rings (SSSR count). The third kappa shape index (κ3) is 1.49. The summed E-state index contributed by atoms with van der Waals surface area (Å²) in [5.41, 5.74) is 0. The third-order valence-corrected chi connectivity index (χ3v) is 1.87. The molecule has 0 aliphatic heterocycles. The van der Waals surface area contributed by atoms with Gasteiger partial charge in [-0.3, -0.25) is 0 Å². The van der Waals surface area contributed by atoms with Gasteiger partial charge in [-0.05, 0) is 12.1 Å². The number of thiol groups is 1. The molecule has 0 N–H and O–H groups in total. The van der Waals surface area contributed by atoms with Gasteiger partial charge in [0.15, 0.2) is 0 Å². The van der Waals surface area contributed by atoms with Crippen LogP contribution in [0.1, 0.15) is 0 Å². The van der Waals surface area contributed by atoms with E-state index in [1.54, 1.807) is 0 Å². The molecule has 0 nitrogen and oxygen atoms in total. The summed E-state index contributed by atoms with van der Waals surface area (Å²) < 4.78 is 25.4. The highest BCUT2D eigenvalue weighted by atomic mass is 79.9. The van der Waals surface area contributed by atoms with Crippen LogP contribution in [-0.2, 0) is 0 Å². The molecule has 1 aromatic rings. The van der Waals surface area contributed by atoms with Gasteiger partial charge in [0.2, 0.25) is 0 Å². The molecule has 0 saturated heterocycles. The van der Waals surface area contributed by atoms with Crippen molar-refractivity contribution in [2.24, 2.45) is 0 Å². The minimum absolute atomic E-state index is 0.247. The second-order valence-corrected chi connectivity index (χ2v) is 3.08. The van der Waals surface area contributed by atoms with Crippen molar-refractivity contribution in [1.29, 1.82) is 0 Å². The Labute approximate surface area is 70.8 Å². The molecular formula is C6H3BrF2S. The predicted molar refractivity (Wildman–Crippen MR) is 41.3 cm³/mol. The Morgan fingerprint density at radius 1 is 1.20 bits per heavy atom. The second-order valence-electron chi connectivity index (χ2n) is 1.72. The summed E-state index contributed by atoms with van der Waals surface area (Å²) in [6, 6.07) is 2.32. The van der Waals surface area contributed by atoms with Gasteiger partial charge in [0.25, 0.3) is 0 Å². The second kappa shape index (κ2) is 2.88. The molecule has 0 atom stereocenters. The Morgan fingerprint density at radius 3 is 2.00 bits per heavy atom. The zero-order valence-electron chi connectivity index (χ0n) is 4.74. The first-order valence-corrected chi connectivity index (χ1v) is 3.69. The Kier molecular flexibility index (Phi) is 2.31. The van der Waals surface area contributed by atoms with E-state index in [1.165, 1.54) is 0 Å². The van der Waals surface area contributed by atoms with Gasteiger partial charge < -0.3 is 0 Å². The van der Waals surface area contributed by atoms with Crippen molar-refractivity contribution >= 4 is 28.6 Å². The average molecular weight is 225 g/mol. The van der Waals surface area contributed by atoms with Crippen molar-refractivity contribution in [3.05, 3.63) is 28.2 Å². The van der Waals surface area contributed by atoms with Crippen LogP contribution in [0.25, 0.3) is 0 Å². The molecule has 0 amide bonds. The fourth-order valence-corrected chi connectivity index (χ4v) is 1.07. The number of hydrogen-bond donors (Lipinski definition) is 1. The largest absolute Gasteiger partial charge is 0.206 e. The summed E-state index contributed by atoms with van der Waals surface area (Å²) in [6.45, 7) is 0. The monoisotopic (exact) mass is 224 g/mol.